The highest BCUT2D eigenvalue weighted by atomic mass is 35.5. The molecule has 134 heavy (non-hydrogen) atoms. The number of amidine groups is 5. The number of nitro benzene ring substituents is 3. The predicted molar refractivity (Wildman–Crippen MR) is 530 cm³/mol. The fourth-order valence-corrected chi connectivity index (χ4v) is 28.2. The first-order chi connectivity index (χ1) is 64.1. The molecule has 0 amide bonds. The Kier molecular flexibility index (Phi) is 30.6. The number of hydrogen-bond acceptors (Lipinski definition) is 13. The van der Waals surface area contributed by atoms with Crippen LogP contribution in [-0.2, 0) is 12.6 Å². The highest BCUT2D eigenvalue weighted by Gasteiger charge is 2.52. The number of rotatable bonds is 21. The Bertz CT molecular complexity index is 5270. The predicted octanol–water partition coefficient (Wildman–Crippen LogP) is 27.5. The number of aryl methyl sites for hydroxylation is 3. The van der Waals surface area contributed by atoms with Crippen LogP contribution in [0.5, 0.6) is 0 Å². The third kappa shape index (κ3) is 22.6. The van der Waals surface area contributed by atoms with E-state index in [-0.39, 0.29) is 32.8 Å². The summed E-state index contributed by atoms with van der Waals surface area (Å²) in [6.07, 6.45) is 30.7. The molecular weight excluding hydrogens is 1710 g/mol. The third-order valence-electron chi connectivity index (χ3n) is 33.0. The van der Waals surface area contributed by atoms with Crippen LogP contribution in [0.25, 0.3) is 0 Å². The van der Waals surface area contributed by atoms with E-state index in [9.17, 15) is 48.8 Å². The first-order valence-electron chi connectivity index (χ1n) is 51.4. The largest absolute Gasteiger partial charge is 0.418 e. The molecule has 10 saturated heterocycles. The van der Waals surface area contributed by atoms with Gasteiger partial charge in [0.05, 0.1) is 77.1 Å². The molecular formula is C109H145ClF3N15O6. The number of non-ortho nitro benzene ring substituents is 3. The Hall–Kier alpha value is -9.29. The molecule has 10 heterocycles. The summed E-state index contributed by atoms with van der Waals surface area (Å²) in [5.74, 6) is 19.6. The third-order valence-corrected chi connectivity index (χ3v) is 33.3. The second-order valence-electron chi connectivity index (χ2n) is 45.2. The zero-order chi connectivity index (χ0) is 95.0. The molecule has 10 atom stereocenters. The van der Waals surface area contributed by atoms with Crippen molar-refractivity contribution in [2.45, 2.75) is 306 Å². The summed E-state index contributed by atoms with van der Waals surface area (Å²) in [6, 6.07) is 31.8. The number of nitriles is 2. The molecule has 25 heteroatoms. The number of alkyl halides is 3. The summed E-state index contributed by atoms with van der Waals surface area (Å²) in [5.41, 5.74) is 6.47. The van der Waals surface area contributed by atoms with Gasteiger partial charge in [-0.2, -0.15) is 23.7 Å². The first-order valence-corrected chi connectivity index (χ1v) is 51.8. The number of nitrogens with zero attached hydrogens (tertiary/aromatic N) is 15. The van der Waals surface area contributed by atoms with Gasteiger partial charge in [-0.3, -0.25) is 30.3 Å². The average molecular weight is 1850 g/mol. The van der Waals surface area contributed by atoms with E-state index in [1.54, 1.807) is 30.3 Å². The molecule has 10 saturated carbocycles. The normalized spacial score (nSPS) is 31.2. The van der Waals surface area contributed by atoms with Crippen LogP contribution in [0.1, 0.15) is 283 Å². The number of benzene rings is 5. The highest BCUT2D eigenvalue weighted by Crippen LogP contribution is 2.56. The van der Waals surface area contributed by atoms with Gasteiger partial charge in [0.25, 0.3) is 17.1 Å². The minimum Gasteiger partial charge on any atom is -0.357 e. The lowest BCUT2D eigenvalue weighted by molar-refractivity contribution is -0.385. The Morgan fingerprint density at radius 1 is 0.366 bits per heavy atom. The van der Waals surface area contributed by atoms with Crippen molar-refractivity contribution in [3.8, 4) is 12.1 Å². The van der Waals surface area contributed by atoms with Crippen LogP contribution in [0.2, 0.25) is 5.02 Å². The van der Waals surface area contributed by atoms with E-state index < -0.39 is 22.4 Å². The van der Waals surface area contributed by atoms with E-state index in [0.29, 0.717) is 112 Å². The number of fused-ring (bicyclic) bond motifs is 5. The maximum atomic E-state index is 13.7. The average Bonchev–Trinajstić information content (AvgIpc) is 1.36. The van der Waals surface area contributed by atoms with Gasteiger partial charge in [-0.15, -0.1) is 0 Å². The molecule has 10 unspecified atom stereocenters. The molecule has 0 spiro atoms. The standard InChI is InChI=1S/C23H33N3O2.C23H31N3.C21H26ClN3.C21H26F3N3O2.C21H29N3O2/c1-4-16(5-2)14-25-21-12-17-9-18(13-21)11-19(10-17)23(25)24-22-7-6-20(26(27)28)8-15(22)3;1-4-19-8-16(13-24)5-6-22(19)25-23-20-9-17-7-18(10-20)12-21(11-17)26(23)14-15(2)3;1-13(2)12-25-18-8-15-5-16(9-18)7-17(6-15)21(25)24-20-4-3-14(11-23)10-19(20)22;1-12(2)11-26-17-8-13-5-14(9-17)7-15(6-13)20(26)25-19-4-3-16(27(28)29)10-18(19)21(22,23)24;1-13(2)12-23-19-10-15-7-16(11-19)9-17(8-15)21(23)22-20-5-4-18(24(25)26)6-14(20)3/h6-8,16-19,21H,4-5,9-14H2,1-3H3;5-6,8,15,17-18,20-21H,4,7,9-12,14H2,1-3H3;3-4,10,13,15-18H,5-9,12H2,1-2H3;3-4,10,12-15,17H,5-9,11H2,1-2H3;4-6,13,15-17,19H,7-12H2,1-3H3. The molecule has 10 aliphatic carbocycles. The summed E-state index contributed by atoms with van der Waals surface area (Å²) >= 11 is 6.43. The lowest BCUT2D eigenvalue weighted by atomic mass is 9.68. The molecule has 25 rings (SSSR count). The quantitative estimate of drug-likeness (QED) is 0.0490. The van der Waals surface area contributed by atoms with Gasteiger partial charge < -0.3 is 24.5 Å². The fourth-order valence-electron chi connectivity index (χ4n) is 28.0. The monoisotopic (exact) mass is 1850 g/mol. The van der Waals surface area contributed by atoms with Gasteiger partial charge >= 0.3 is 6.18 Å². The Morgan fingerprint density at radius 3 is 0.896 bits per heavy atom. The molecule has 20 bridgehead atoms. The molecule has 5 aromatic carbocycles. The lowest BCUT2D eigenvalue weighted by Gasteiger charge is -2.39. The smallest absolute Gasteiger partial charge is 0.357 e. The summed E-state index contributed by atoms with van der Waals surface area (Å²) in [7, 11) is 0. The summed E-state index contributed by atoms with van der Waals surface area (Å²) < 4.78 is 41.0. The topological polar surface area (TPSA) is 255 Å². The van der Waals surface area contributed by atoms with E-state index in [1.165, 1.54) is 177 Å². The molecule has 20 fully saturated rings. The van der Waals surface area contributed by atoms with Gasteiger partial charge in [-0.05, 0) is 341 Å². The molecule has 10 aliphatic heterocycles. The minimum atomic E-state index is -4.70. The highest BCUT2D eigenvalue weighted by molar-refractivity contribution is 6.33. The SMILES string of the molecule is CC(C)CN1C(=Nc2ccc(C#N)cc2Cl)C2CC3CC(C2)CC1C3.CC(C)CN1C(=Nc2ccc([N+](=O)[O-])cc2C(F)(F)F)C2CC3CC(C2)CC1C3.CCC(CC)CN1C(=Nc2ccc([N+](=O)[O-])cc2C)C2CC3CC(C2)CC1C3.CCc1cc(C#N)ccc1N=C1C2CC3CC(C2)CC(C3)N1CC(C)C.Cc1cc([N+](=O)[O-])ccc1N=C1C2CC3CC(C2)CC(C3)N1CC(C)C. The first kappa shape index (κ1) is 97.8. The Labute approximate surface area is 798 Å². The van der Waals surface area contributed by atoms with Crippen LogP contribution in [0.4, 0.5) is 58.7 Å². The van der Waals surface area contributed by atoms with Crippen molar-refractivity contribution in [3.05, 3.63) is 160 Å². The number of halogens is 4. The summed E-state index contributed by atoms with van der Waals surface area (Å²) in [4.78, 5) is 69.8. The zero-order valence-corrected chi connectivity index (χ0v) is 82.4. The zero-order valence-electron chi connectivity index (χ0n) is 81.6. The van der Waals surface area contributed by atoms with E-state index >= 15 is 0 Å². The van der Waals surface area contributed by atoms with Gasteiger partial charge in [0, 0.05) is 129 Å². The van der Waals surface area contributed by atoms with Gasteiger partial charge in [-0.1, -0.05) is 101 Å². The van der Waals surface area contributed by atoms with Crippen LogP contribution in [-0.4, -0.2) is 131 Å². The summed E-state index contributed by atoms with van der Waals surface area (Å²) in [5, 5.41) is 52.0. The van der Waals surface area contributed by atoms with E-state index in [4.69, 9.17) is 36.8 Å². The number of aliphatic imine (C=N–C) groups is 5. The van der Waals surface area contributed by atoms with Crippen molar-refractivity contribution in [2.75, 3.05) is 32.7 Å². The number of nitro groups is 3. The lowest BCUT2D eigenvalue weighted by Crippen LogP contribution is -2.43. The van der Waals surface area contributed by atoms with Crippen LogP contribution < -0.4 is 0 Å². The molecule has 0 aromatic heterocycles. The molecule has 0 N–H and O–H groups in total. The van der Waals surface area contributed by atoms with Crippen molar-refractivity contribution >= 4 is 86.3 Å². The van der Waals surface area contributed by atoms with E-state index in [0.717, 1.165) is 170 Å². The van der Waals surface area contributed by atoms with Crippen LogP contribution in [0.15, 0.2) is 116 Å². The van der Waals surface area contributed by atoms with Gasteiger partial charge in [-0.25, -0.2) is 25.0 Å². The molecule has 5 aromatic rings. The minimum absolute atomic E-state index is 0.145. The van der Waals surface area contributed by atoms with Gasteiger partial charge in [0.2, 0.25) is 0 Å². The van der Waals surface area contributed by atoms with Crippen molar-refractivity contribution < 1.29 is 27.9 Å². The number of hydrogen-bond donors (Lipinski definition) is 0. The fraction of sp³-hybridized carbons (Fsp3) is 0.661. The van der Waals surface area contributed by atoms with Crippen LogP contribution in [0.3, 0.4) is 0 Å². The molecule has 21 nitrogen and oxygen atoms in total. The molecule has 720 valence electrons. The van der Waals surface area contributed by atoms with Crippen molar-refractivity contribution in [1.82, 2.24) is 24.5 Å². The van der Waals surface area contributed by atoms with E-state index in [2.05, 4.69) is 124 Å². The van der Waals surface area contributed by atoms with Crippen molar-refractivity contribution in [3.63, 3.8) is 0 Å². The maximum Gasteiger partial charge on any atom is 0.418 e. The van der Waals surface area contributed by atoms with Crippen molar-refractivity contribution in [2.24, 2.45) is 143 Å². The van der Waals surface area contributed by atoms with Gasteiger partial charge in [0.15, 0.2) is 0 Å². The second kappa shape index (κ2) is 42.0. The van der Waals surface area contributed by atoms with Crippen molar-refractivity contribution in [1.29, 1.82) is 10.5 Å². The Morgan fingerprint density at radius 2 is 0.627 bits per heavy atom. The van der Waals surface area contributed by atoms with Crippen LogP contribution in [0, 0.1) is 185 Å². The van der Waals surface area contributed by atoms with Crippen LogP contribution >= 0.6 is 11.6 Å². The molecule has 20 aliphatic rings. The van der Waals surface area contributed by atoms with Gasteiger partial charge in [0.1, 0.15) is 29.2 Å². The Balaban J connectivity index is 0.000000122. The summed E-state index contributed by atoms with van der Waals surface area (Å²) in [6.45, 7) is 33.8. The molecule has 0 radical (unpaired) electrons. The maximum absolute atomic E-state index is 13.7. The second-order valence-corrected chi connectivity index (χ2v) is 45.6. The van der Waals surface area contributed by atoms with E-state index in [1.807, 2.05) is 50.2 Å².